The van der Waals surface area contributed by atoms with Gasteiger partial charge in [0.25, 0.3) is 5.91 Å². The number of hydrogen-bond donors (Lipinski definition) is 1. The van der Waals surface area contributed by atoms with Gasteiger partial charge in [-0.1, -0.05) is 18.2 Å². The van der Waals surface area contributed by atoms with E-state index in [2.05, 4.69) is 15.2 Å². The molecule has 0 bridgehead atoms. The molecule has 6 heteroatoms. The Kier molecular flexibility index (Phi) is 4.09. The average molecular weight is 337 g/mol. The second-order valence-electron chi connectivity index (χ2n) is 6.34. The van der Waals surface area contributed by atoms with E-state index in [1.54, 1.807) is 24.4 Å². The van der Waals surface area contributed by atoms with Gasteiger partial charge in [-0.2, -0.15) is 0 Å². The Morgan fingerprint density at radius 3 is 2.72 bits per heavy atom. The smallest absolute Gasteiger partial charge is 0.339 e. The fourth-order valence-corrected chi connectivity index (χ4v) is 3.31. The molecule has 3 heterocycles. The van der Waals surface area contributed by atoms with Crippen molar-refractivity contribution in [2.24, 2.45) is 0 Å². The van der Waals surface area contributed by atoms with Gasteiger partial charge in [0.15, 0.2) is 6.10 Å². The molecule has 1 unspecified atom stereocenters. The molecule has 0 radical (unpaired) electrons. The second kappa shape index (κ2) is 6.55. The van der Waals surface area contributed by atoms with E-state index in [1.165, 1.54) is 12.8 Å². The first-order valence-electron chi connectivity index (χ1n) is 8.51. The number of aromatic nitrogens is 1. The minimum Gasteiger partial charge on any atom is -0.448 e. The van der Waals surface area contributed by atoms with E-state index < -0.39 is 12.1 Å². The topological polar surface area (TPSA) is 71.5 Å². The fourth-order valence-electron chi connectivity index (χ4n) is 3.31. The van der Waals surface area contributed by atoms with Gasteiger partial charge in [-0.25, -0.2) is 9.78 Å². The zero-order chi connectivity index (χ0) is 17.2. The molecule has 2 aromatic rings. The predicted molar refractivity (Wildman–Crippen MR) is 93.7 cm³/mol. The Hall–Kier alpha value is -2.89. The molecule has 2 aliphatic rings. The van der Waals surface area contributed by atoms with E-state index >= 15 is 0 Å². The summed E-state index contributed by atoms with van der Waals surface area (Å²) in [5.41, 5.74) is 2.42. The van der Waals surface area contributed by atoms with Crippen LogP contribution < -0.4 is 10.2 Å². The van der Waals surface area contributed by atoms with E-state index in [0.29, 0.717) is 17.8 Å². The van der Waals surface area contributed by atoms with Crippen molar-refractivity contribution in [3.05, 3.63) is 53.7 Å². The maximum atomic E-state index is 12.4. The van der Waals surface area contributed by atoms with Crippen molar-refractivity contribution in [2.45, 2.75) is 25.4 Å². The summed E-state index contributed by atoms with van der Waals surface area (Å²) in [6.45, 7) is 2.09. The van der Waals surface area contributed by atoms with Crippen LogP contribution in [0.3, 0.4) is 0 Å². The van der Waals surface area contributed by atoms with Crippen molar-refractivity contribution >= 4 is 23.4 Å². The van der Waals surface area contributed by atoms with Crippen molar-refractivity contribution in [3.63, 3.8) is 0 Å². The molecule has 1 aromatic carbocycles. The lowest BCUT2D eigenvalue weighted by Gasteiger charge is -2.23. The third-order valence-corrected chi connectivity index (χ3v) is 4.65. The van der Waals surface area contributed by atoms with Crippen molar-refractivity contribution < 1.29 is 14.3 Å². The van der Waals surface area contributed by atoms with Gasteiger partial charge in [0.05, 0.1) is 17.4 Å². The van der Waals surface area contributed by atoms with Crippen LogP contribution in [0.1, 0.15) is 28.8 Å². The van der Waals surface area contributed by atoms with E-state index in [9.17, 15) is 9.59 Å². The van der Waals surface area contributed by atoms with Crippen LogP contribution in [0.2, 0.25) is 0 Å². The number of ether oxygens (including phenoxy) is 1. The zero-order valence-corrected chi connectivity index (χ0v) is 13.8. The number of nitrogens with one attached hydrogen (secondary N) is 1. The Labute approximate surface area is 145 Å². The van der Waals surface area contributed by atoms with Gasteiger partial charge in [0.2, 0.25) is 0 Å². The summed E-state index contributed by atoms with van der Waals surface area (Å²) < 4.78 is 5.26. The first-order valence-corrected chi connectivity index (χ1v) is 8.51. The molecule has 1 atom stereocenters. The maximum absolute atomic E-state index is 12.4. The number of carbonyl (C=O) groups is 2. The molecule has 0 saturated carbocycles. The van der Waals surface area contributed by atoms with Gasteiger partial charge in [-0.3, -0.25) is 4.79 Å². The number of esters is 1. The van der Waals surface area contributed by atoms with Crippen LogP contribution in [0.5, 0.6) is 0 Å². The summed E-state index contributed by atoms with van der Waals surface area (Å²) in [4.78, 5) is 31.0. The third-order valence-electron chi connectivity index (χ3n) is 4.65. The molecule has 1 fully saturated rings. The number of benzene rings is 1. The molecule has 0 aliphatic carbocycles. The number of nitrogens with zero attached hydrogens (tertiary/aromatic N) is 2. The standard InChI is InChI=1S/C19H19N3O3/c23-18(16-11-13-5-1-2-6-15(13)19(24)25-16)21-17-8-7-14(12-20-17)22-9-3-4-10-22/h1-2,5-8,12,16H,3-4,9-11H2,(H,20,21,23). The van der Waals surface area contributed by atoms with Gasteiger partial charge in [-0.05, 0) is 36.6 Å². The minimum absolute atomic E-state index is 0.357. The lowest BCUT2D eigenvalue weighted by Crippen LogP contribution is -2.38. The molecular weight excluding hydrogens is 318 g/mol. The normalized spacial score (nSPS) is 19.3. The number of carbonyl (C=O) groups excluding carboxylic acids is 2. The highest BCUT2D eigenvalue weighted by molar-refractivity contribution is 5.99. The van der Waals surface area contributed by atoms with Crippen LogP contribution in [0.15, 0.2) is 42.6 Å². The second-order valence-corrected chi connectivity index (χ2v) is 6.34. The van der Waals surface area contributed by atoms with Crippen molar-refractivity contribution in [1.29, 1.82) is 0 Å². The molecule has 1 amide bonds. The summed E-state index contributed by atoms with van der Waals surface area (Å²) in [5.74, 6) is -0.355. The van der Waals surface area contributed by atoms with Crippen LogP contribution in [-0.4, -0.2) is 36.1 Å². The molecule has 25 heavy (non-hydrogen) atoms. The van der Waals surface area contributed by atoms with Gasteiger partial charge in [0, 0.05) is 19.5 Å². The summed E-state index contributed by atoms with van der Waals surface area (Å²) in [7, 11) is 0. The number of pyridine rings is 1. The molecule has 6 nitrogen and oxygen atoms in total. The molecule has 4 rings (SSSR count). The van der Waals surface area contributed by atoms with Crippen molar-refractivity contribution in [1.82, 2.24) is 4.98 Å². The van der Waals surface area contributed by atoms with Gasteiger partial charge < -0.3 is 15.0 Å². The summed E-state index contributed by atoms with van der Waals surface area (Å²) in [5, 5.41) is 2.74. The molecule has 1 aromatic heterocycles. The lowest BCUT2D eigenvalue weighted by molar-refractivity contribution is -0.125. The highest BCUT2D eigenvalue weighted by Crippen LogP contribution is 2.23. The van der Waals surface area contributed by atoms with Crippen LogP contribution in [0, 0.1) is 0 Å². The van der Waals surface area contributed by atoms with Crippen LogP contribution >= 0.6 is 0 Å². The summed E-state index contributed by atoms with van der Waals surface area (Å²) in [6.07, 6.45) is 3.71. The Morgan fingerprint density at radius 1 is 1.16 bits per heavy atom. The first-order chi connectivity index (χ1) is 12.2. The number of hydrogen-bond acceptors (Lipinski definition) is 5. The number of rotatable bonds is 3. The molecule has 0 spiro atoms. The van der Waals surface area contributed by atoms with E-state index in [1.807, 2.05) is 18.2 Å². The van der Waals surface area contributed by atoms with Crippen LogP contribution in [-0.2, 0) is 16.0 Å². The number of amides is 1. The van der Waals surface area contributed by atoms with Gasteiger partial charge >= 0.3 is 5.97 Å². The van der Waals surface area contributed by atoms with Crippen LogP contribution in [0.25, 0.3) is 0 Å². The zero-order valence-electron chi connectivity index (χ0n) is 13.8. The van der Waals surface area contributed by atoms with E-state index in [-0.39, 0.29) is 5.91 Å². The van der Waals surface area contributed by atoms with Gasteiger partial charge in [-0.15, -0.1) is 0 Å². The molecule has 1 saturated heterocycles. The van der Waals surface area contributed by atoms with Crippen molar-refractivity contribution in [2.75, 3.05) is 23.3 Å². The number of cyclic esters (lactones) is 1. The highest BCUT2D eigenvalue weighted by atomic mass is 16.5. The molecule has 128 valence electrons. The predicted octanol–water partition coefficient (Wildman–Crippen LogP) is 2.40. The first kappa shape index (κ1) is 15.6. The number of fused-ring (bicyclic) bond motifs is 1. The Morgan fingerprint density at radius 2 is 1.96 bits per heavy atom. The molecular formula is C19H19N3O3. The van der Waals surface area contributed by atoms with Crippen LogP contribution in [0.4, 0.5) is 11.5 Å². The largest absolute Gasteiger partial charge is 0.448 e. The maximum Gasteiger partial charge on any atom is 0.339 e. The minimum atomic E-state index is -0.831. The fraction of sp³-hybridized carbons (Fsp3) is 0.316. The SMILES string of the molecule is O=C1OC(C(=O)Nc2ccc(N3CCCC3)cn2)Cc2ccccc21. The van der Waals surface area contributed by atoms with Crippen molar-refractivity contribution in [3.8, 4) is 0 Å². The monoisotopic (exact) mass is 337 g/mol. The quantitative estimate of drug-likeness (QED) is 0.871. The Balaban J connectivity index is 1.43. The highest BCUT2D eigenvalue weighted by Gasteiger charge is 2.31. The van der Waals surface area contributed by atoms with E-state index in [4.69, 9.17) is 4.74 Å². The third kappa shape index (κ3) is 3.20. The molecule has 2 aliphatic heterocycles. The van der Waals surface area contributed by atoms with E-state index in [0.717, 1.165) is 24.3 Å². The van der Waals surface area contributed by atoms with Gasteiger partial charge in [0.1, 0.15) is 5.82 Å². The number of anilines is 2. The summed E-state index contributed by atoms with van der Waals surface area (Å²) >= 11 is 0. The molecule has 1 N–H and O–H groups in total. The average Bonchev–Trinajstić information content (AvgIpc) is 3.17. The Bertz CT molecular complexity index is 798. The lowest BCUT2D eigenvalue weighted by atomic mass is 9.98. The summed E-state index contributed by atoms with van der Waals surface area (Å²) in [6, 6.07) is 10.9.